The molecule has 188 valence electrons. The van der Waals surface area contributed by atoms with Crippen LogP contribution < -0.4 is 26.0 Å². The van der Waals surface area contributed by atoms with Gasteiger partial charge in [0, 0.05) is 31.4 Å². The van der Waals surface area contributed by atoms with E-state index < -0.39 is 6.10 Å². The second kappa shape index (κ2) is 10.6. The summed E-state index contributed by atoms with van der Waals surface area (Å²) < 4.78 is 5.74. The highest BCUT2D eigenvalue weighted by molar-refractivity contribution is 8.18. The molecule has 36 heavy (non-hydrogen) atoms. The Morgan fingerprint density at radius 3 is 2.61 bits per heavy atom. The Hall–Kier alpha value is -3.54. The number of imidazole rings is 1. The van der Waals surface area contributed by atoms with Crippen molar-refractivity contribution >= 4 is 45.7 Å². The Kier molecular flexibility index (Phi) is 7.12. The number of nitrogens with zero attached hydrogens (tertiary/aromatic N) is 1. The molecule has 3 heterocycles. The lowest BCUT2D eigenvalue weighted by Crippen LogP contribution is -2.45. The molecule has 2 amide bonds. The van der Waals surface area contributed by atoms with Crippen molar-refractivity contribution < 1.29 is 19.4 Å². The minimum Gasteiger partial charge on any atom is -0.489 e. The number of H-pyrrole nitrogens is 2. The molecular weight excluding hydrogens is 482 g/mol. The standard InChI is InChI=1S/C25H27N5O5S/c31-18(14-35-20-3-1-2-19-22(20)28-24(33)27-19)13-26-16-8-10-30(11-9-16)17-6-4-15(5-7-17)12-21-23(32)29-25(34)36-21/h1-7,12,16,18,26,31H,8-11,13-14H2,(H2,27,28,33)(H,29,32,34)/t18-/m0/s1. The van der Waals surface area contributed by atoms with Gasteiger partial charge in [-0.3, -0.25) is 14.9 Å². The number of amides is 2. The third-order valence-corrected chi connectivity index (χ3v) is 7.09. The van der Waals surface area contributed by atoms with Crippen LogP contribution in [0, 0.1) is 0 Å². The average Bonchev–Trinajstić information content (AvgIpc) is 3.42. The van der Waals surface area contributed by atoms with Gasteiger partial charge in [-0.2, -0.15) is 0 Å². The number of hydrogen-bond acceptors (Lipinski definition) is 8. The van der Waals surface area contributed by atoms with Gasteiger partial charge in [0.2, 0.25) is 0 Å². The molecule has 0 bridgehead atoms. The second-order valence-electron chi connectivity index (χ2n) is 8.84. The number of benzene rings is 2. The van der Waals surface area contributed by atoms with Gasteiger partial charge in [-0.15, -0.1) is 0 Å². The molecule has 0 radical (unpaired) electrons. The van der Waals surface area contributed by atoms with E-state index in [9.17, 15) is 19.5 Å². The number of piperidine rings is 1. The maximum Gasteiger partial charge on any atom is 0.323 e. The monoisotopic (exact) mass is 509 g/mol. The van der Waals surface area contributed by atoms with Gasteiger partial charge in [-0.05, 0) is 60.5 Å². The number of carbonyl (C=O) groups excluding carboxylic acids is 2. The topological polar surface area (TPSA) is 140 Å². The molecule has 2 aliphatic heterocycles. The summed E-state index contributed by atoms with van der Waals surface area (Å²) in [4.78, 5) is 42.6. The number of aliphatic hydroxyl groups is 1. The lowest BCUT2D eigenvalue weighted by Gasteiger charge is -2.34. The van der Waals surface area contributed by atoms with Crippen molar-refractivity contribution in [3.05, 3.63) is 63.4 Å². The molecule has 5 N–H and O–H groups in total. The van der Waals surface area contributed by atoms with Gasteiger partial charge in [0.15, 0.2) is 0 Å². The van der Waals surface area contributed by atoms with Gasteiger partial charge in [0.05, 0.1) is 10.4 Å². The summed E-state index contributed by atoms with van der Waals surface area (Å²) in [7, 11) is 0. The Bertz CT molecular complexity index is 1340. The third kappa shape index (κ3) is 5.64. The predicted octanol–water partition coefficient (Wildman–Crippen LogP) is 2.18. The Morgan fingerprint density at radius 2 is 1.89 bits per heavy atom. The first-order valence-corrected chi connectivity index (χ1v) is 12.6. The number of fused-ring (bicyclic) bond motifs is 1. The SMILES string of the molecule is O=C1NC(=O)C(=Cc2ccc(N3CCC(NC[C@H](O)COc4cccc5[nH]c(=O)[nH]c45)CC3)cc2)S1. The first-order valence-electron chi connectivity index (χ1n) is 11.8. The number of anilines is 1. The Morgan fingerprint density at radius 1 is 1.11 bits per heavy atom. The highest BCUT2D eigenvalue weighted by Crippen LogP contribution is 2.27. The van der Waals surface area contributed by atoms with Crippen molar-refractivity contribution in [3.8, 4) is 5.75 Å². The van der Waals surface area contributed by atoms with Crippen LogP contribution in [-0.4, -0.2) is 64.6 Å². The average molecular weight is 510 g/mol. The number of aliphatic hydroxyl groups excluding tert-OH is 1. The lowest BCUT2D eigenvalue weighted by molar-refractivity contribution is -0.115. The van der Waals surface area contributed by atoms with Crippen molar-refractivity contribution in [2.45, 2.75) is 25.0 Å². The van der Waals surface area contributed by atoms with E-state index >= 15 is 0 Å². The smallest absolute Gasteiger partial charge is 0.323 e. The van der Waals surface area contributed by atoms with Crippen LogP contribution in [0.5, 0.6) is 5.75 Å². The fourth-order valence-corrected chi connectivity index (χ4v) is 5.08. The van der Waals surface area contributed by atoms with Crippen LogP contribution in [0.3, 0.4) is 0 Å². The van der Waals surface area contributed by atoms with Crippen LogP contribution in [0.2, 0.25) is 0 Å². The molecule has 5 rings (SSSR count). The van der Waals surface area contributed by atoms with Crippen LogP contribution in [0.1, 0.15) is 18.4 Å². The summed E-state index contributed by atoms with van der Waals surface area (Å²) in [5, 5.41) is 15.7. The number of ether oxygens (including phenoxy) is 1. The van der Waals surface area contributed by atoms with Gasteiger partial charge in [-0.1, -0.05) is 18.2 Å². The van der Waals surface area contributed by atoms with E-state index in [0.29, 0.717) is 34.3 Å². The zero-order chi connectivity index (χ0) is 25.1. The zero-order valence-corrected chi connectivity index (χ0v) is 20.3. The third-order valence-electron chi connectivity index (χ3n) is 6.28. The van der Waals surface area contributed by atoms with E-state index in [1.807, 2.05) is 24.3 Å². The molecule has 11 heteroatoms. The molecular formula is C25H27N5O5S. The van der Waals surface area contributed by atoms with Crippen LogP contribution in [0.4, 0.5) is 10.5 Å². The van der Waals surface area contributed by atoms with Crippen LogP contribution >= 0.6 is 11.8 Å². The molecule has 2 aromatic carbocycles. The van der Waals surface area contributed by atoms with E-state index in [1.54, 1.807) is 24.3 Å². The molecule has 2 aliphatic rings. The van der Waals surface area contributed by atoms with Crippen LogP contribution in [0.25, 0.3) is 17.1 Å². The van der Waals surface area contributed by atoms with Crippen molar-refractivity contribution in [1.82, 2.24) is 20.6 Å². The molecule has 2 saturated heterocycles. The molecule has 1 atom stereocenters. The molecule has 0 saturated carbocycles. The van der Waals surface area contributed by atoms with E-state index in [4.69, 9.17) is 4.74 Å². The fraction of sp³-hybridized carbons (Fsp3) is 0.320. The van der Waals surface area contributed by atoms with Gasteiger partial charge in [0.25, 0.3) is 11.1 Å². The summed E-state index contributed by atoms with van der Waals surface area (Å²) in [5.74, 6) is 0.175. The quantitative estimate of drug-likeness (QED) is 0.291. The van der Waals surface area contributed by atoms with E-state index in [0.717, 1.165) is 48.9 Å². The number of hydrogen-bond donors (Lipinski definition) is 5. The number of thioether (sulfide) groups is 1. The van der Waals surface area contributed by atoms with Gasteiger partial charge in [-0.25, -0.2) is 4.79 Å². The van der Waals surface area contributed by atoms with E-state index in [2.05, 4.69) is 25.5 Å². The molecule has 1 aromatic heterocycles. The van der Waals surface area contributed by atoms with Crippen molar-refractivity contribution in [3.63, 3.8) is 0 Å². The molecule has 0 unspecified atom stereocenters. The van der Waals surface area contributed by atoms with Crippen molar-refractivity contribution in [2.75, 3.05) is 31.1 Å². The maximum atomic E-state index is 11.7. The number of aromatic nitrogens is 2. The number of para-hydroxylation sites is 1. The predicted molar refractivity (Wildman–Crippen MR) is 139 cm³/mol. The molecule has 2 fully saturated rings. The lowest BCUT2D eigenvalue weighted by atomic mass is 10.0. The fourth-order valence-electron chi connectivity index (χ4n) is 4.39. The molecule has 0 aliphatic carbocycles. The number of aromatic amines is 2. The summed E-state index contributed by atoms with van der Waals surface area (Å²) >= 11 is 0.915. The maximum absolute atomic E-state index is 11.7. The highest BCUT2D eigenvalue weighted by atomic mass is 32.2. The first-order chi connectivity index (χ1) is 17.4. The summed E-state index contributed by atoms with van der Waals surface area (Å²) in [6.45, 7) is 2.32. The second-order valence-corrected chi connectivity index (χ2v) is 9.85. The number of nitrogens with one attached hydrogen (secondary N) is 4. The number of rotatable bonds is 8. The molecule has 3 aromatic rings. The first kappa shape index (κ1) is 24.2. The van der Waals surface area contributed by atoms with Gasteiger partial charge in [0.1, 0.15) is 24.0 Å². The Balaban J connectivity index is 1.06. The normalized spacial score (nSPS) is 18.7. The summed E-state index contributed by atoms with van der Waals surface area (Å²) in [5.41, 5.74) is 2.95. The largest absolute Gasteiger partial charge is 0.489 e. The van der Waals surface area contributed by atoms with Crippen molar-refractivity contribution in [1.29, 1.82) is 0 Å². The van der Waals surface area contributed by atoms with E-state index in [-0.39, 0.29) is 23.4 Å². The Labute approximate surface area is 211 Å². The number of imide groups is 1. The molecule has 10 nitrogen and oxygen atoms in total. The highest BCUT2D eigenvalue weighted by Gasteiger charge is 2.25. The molecule has 0 spiro atoms. The van der Waals surface area contributed by atoms with Gasteiger partial charge >= 0.3 is 5.69 Å². The summed E-state index contributed by atoms with van der Waals surface area (Å²) in [6, 6.07) is 13.6. The van der Waals surface area contributed by atoms with Crippen LogP contribution in [0.15, 0.2) is 52.2 Å². The zero-order valence-electron chi connectivity index (χ0n) is 19.5. The van der Waals surface area contributed by atoms with Crippen molar-refractivity contribution in [2.24, 2.45) is 0 Å². The summed E-state index contributed by atoms with van der Waals surface area (Å²) in [6.07, 6.45) is 2.93. The van der Waals surface area contributed by atoms with Gasteiger partial charge < -0.3 is 30.0 Å². The number of carbonyl (C=O) groups is 2. The minimum atomic E-state index is -0.680. The van der Waals surface area contributed by atoms with E-state index in [1.165, 1.54) is 0 Å². The minimum absolute atomic E-state index is 0.120. The van der Waals surface area contributed by atoms with Crippen LogP contribution in [-0.2, 0) is 4.79 Å².